The second-order valence-corrected chi connectivity index (χ2v) is 10.4. The van der Waals surface area contributed by atoms with Crippen molar-refractivity contribution in [3.8, 4) is 0 Å². The molecule has 0 unspecified atom stereocenters. The van der Waals surface area contributed by atoms with E-state index >= 15 is 0 Å². The molecule has 1 aromatic rings. The summed E-state index contributed by atoms with van der Waals surface area (Å²) in [5.41, 5.74) is 0.567. The van der Waals surface area contributed by atoms with E-state index in [4.69, 9.17) is 40.0 Å². The highest BCUT2D eigenvalue weighted by molar-refractivity contribution is 6.32. The maximum atomic E-state index is 6.78. The van der Waals surface area contributed by atoms with Crippen LogP contribution in [0.2, 0.25) is 5.15 Å². The van der Waals surface area contributed by atoms with E-state index in [9.17, 15) is 0 Å². The van der Waals surface area contributed by atoms with Crippen molar-refractivity contribution in [3.63, 3.8) is 0 Å². The highest BCUT2D eigenvalue weighted by Gasteiger charge is 2.49. The van der Waals surface area contributed by atoms with Crippen LogP contribution in [-0.2, 0) is 28.4 Å². The van der Waals surface area contributed by atoms with Crippen LogP contribution >= 0.6 is 11.6 Å². The summed E-state index contributed by atoms with van der Waals surface area (Å²) in [6.45, 7) is 11.3. The minimum Gasteiger partial charge on any atom is -0.383 e. The summed E-state index contributed by atoms with van der Waals surface area (Å²) in [6.07, 6.45) is 6.34. The summed E-state index contributed by atoms with van der Waals surface area (Å²) in [6, 6.07) is 0. The SMILES string of the molecule is CCCCOC[C@H]1O[C@@H](Nc2ncnc(Cl)c2NC)[C@H](OC)[C@H](OCCCC)[C@@H](OCCCC)[C@@H]1OCCCC. The van der Waals surface area contributed by atoms with E-state index in [1.165, 1.54) is 6.33 Å². The van der Waals surface area contributed by atoms with Gasteiger partial charge in [0.15, 0.2) is 17.2 Å². The Labute approximate surface area is 246 Å². The fourth-order valence-electron chi connectivity index (χ4n) is 4.56. The first-order valence-electron chi connectivity index (χ1n) is 15.1. The first-order valence-corrected chi connectivity index (χ1v) is 15.5. The zero-order valence-corrected chi connectivity index (χ0v) is 26.2. The standard InChI is InChI=1S/C29H53ClN4O6/c1-7-11-15-36-19-21-23(37-16-12-8-2)24(38-17-13-9-3)25(39-18-14-10-4)26(35-6)29(40-21)34-28-22(31-5)27(30)32-20-33-28/h20-21,23-26,29,31H,7-19H2,1-6H3,(H,32,33,34)/t21-,23-,24+,25-,26-,29-/m1/s1. The molecule has 232 valence electrons. The maximum Gasteiger partial charge on any atom is 0.158 e. The van der Waals surface area contributed by atoms with Gasteiger partial charge in [0.2, 0.25) is 0 Å². The number of hydrogen-bond acceptors (Lipinski definition) is 10. The quantitative estimate of drug-likeness (QED) is 0.137. The van der Waals surface area contributed by atoms with Gasteiger partial charge >= 0.3 is 0 Å². The summed E-state index contributed by atoms with van der Waals surface area (Å²) in [5.74, 6) is 0.501. The predicted octanol–water partition coefficient (Wildman–Crippen LogP) is 5.70. The summed E-state index contributed by atoms with van der Waals surface area (Å²) in [7, 11) is 3.44. The van der Waals surface area contributed by atoms with Gasteiger partial charge in [-0.3, -0.25) is 0 Å². The minimum absolute atomic E-state index is 0.305. The molecule has 1 aromatic heterocycles. The summed E-state index contributed by atoms with van der Waals surface area (Å²) < 4.78 is 38.7. The molecular formula is C29H53ClN4O6. The number of unbranched alkanes of at least 4 members (excludes halogenated alkanes) is 4. The van der Waals surface area contributed by atoms with E-state index in [1.54, 1.807) is 14.2 Å². The van der Waals surface area contributed by atoms with E-state index in [1.807, 2.05) is 0 Å². The van der Waals surface area contributed by atoms with Crippen molar-refractivity contribution in [2.24, 2.45) is 0 Å². The van der Waals surface area contributed by atoms with Crippen molar-refractivity contribution in [1.29, 1.82) is 0 Å². The van der Waals surface area contributed by atoms with Crippen molar-refractivity contribution in [1.82, 2.24) is 9.97 Å². The Bertz CT molecular complexity index is 795. The zero-order valence-electron chi connectivity index (χ0n) is 25.5. The monoisotopic (exact) mass is 588 g/mol. The first-order chi connectivity index (χ1) is 19.6. The van der Waals surface area contributed by atoms with Crippen molar-refractivity contribution < 1.29 is 28.4 Å². The summed E-state index contributed by atoms with van der Waals surface area (Å²) in [4.78, 5) is 8.54. The highest BCUT2D eigenvalue weighted by atomic mass is 35.5. The highest BCUT2D eigenvalue weighted by Crippen LogP contribution is 2.33. The molecule has 0 bridgehead atoms. The van der Waals surface area contributed by atoms with Crippen LogP contribution in [0.3, 0.4) is 0 Å². The lowest BCUT2D eigenvalue weighted by molar-refractivity contribution is -0.176. The van der Waals surface area contributed by atoms with E-state index in [2.05, 4.69) is 48.3 Å². The number of anilines is 2. The first kappa shape index (κ1) is 34.9. The van der Waals surface area contributed by atoms with E-state index < -0.39 is 36.7 Å². The number of hydrogen-bond donors (Lipinski definition) is 2. The third-order valence-corrected chi connectivity index (χ3v) is 7.20. The number of nitrogens with zero attached hydrogens (tertiary/aromatic N) is 2. The van der Waals surface area contributed by atoms with Crippen LogP contribution in [0.1, 0.15) is 79.1 Å². The molecule has 0 radical (unpaired) electrons. The number of aromatic nitrogens is 2. The van der Waals surface area contributed by atoms with Gasteiger partial charge in [0.05, 0.1) is 6.61 Å². The van der Waals surface area contributed by atoms with Crippen LogP contribution in [0.4, 0.5) is 11.5 Å². The maximum absolute atomic E-state index is 6.78. The number of halogens is 1. The van der Waals surface area contributed by atoms with E-state index in [0.717, 1.165) is 51.4 Å². The fraction of sp³-hybridized carbons (Fsp3) is 0.862. The van der Waals surface area contributed by atoms with Crippen LogP contribution in [0.25, 0.3) is 0 Å². The zero-order chi connectivity index (χ0) is 29.2. The fourth-order valence-corrected chi connectivity index (χ4v) is 4.79. The number of nitrogens with one attached hydrogen (secondary N) is 2. The van der Waals surface area contributed by atoms with Gasteiger partial charge in [-0.1, -0.05) is 65.0 Å². The lowest BCUT2D eigenvalue weighted by Gasteiger charge is -2.36. The molecule has 2 N–H and O–H groups in total. The third-order valence-electron chi connectivity index (χ3n) is 6.91. The largest absolute Gasteiger partial charge is 0.383 e. The Kier molecular flexibility index (Phi) is 18.0. The topological polar surface area (TPSA) is 105 Å². The third kappa shape index (κ3) is 10.9. The molecule has 2 rings (SSSR count). The molecular weight excluding hydrogens is 536 g/mol. The summed E-state index contributed by atoms with van der Waals surface area (Å²) >= 11 is 6.37. The van der Waals surface area contributed by atoms with Crippen LogP contribution in [0, 0.1) is 0 Å². The minimum atomic E-state index is -0.661. The average molecular weight is 589 g/mol. The Balaban J connectivity index is 2.53. The molecule has 1 aliphatic rings. The second kappa shape index (κ2) is 20.6. The molecule has 2 heterocycles. The molecule has 11 heteroatoms. The molecule has 0 aliphatic carbocycles. The number of methoxy groups -OCH3 is 1. The molecule has 1 fully saturated rings. The van der Waals surface area contributed by atoms with Gasteiger partial charge in [-0.15, -0.1) is 0 Å². The Hall–Kier alpha value is -1.27. The van der Waals surface area contributed by atoms with Gasteiger partial charge in [-0.25, -0.2) is 9.97 Å². The molecule has 1 saturated heterocycles. The van der Waals surface area contributed by atoms with Crippen molar-refractivity contribution in [2.45, 2.75) is 116 Å². The Morgan fingerprint density at radius 3 is 1.90 bits per heavy atom. The van der Waals surface area contributed by atoms with E-state index in [0.29, 0.717) is 49.7 Å². The lowest BCUT2D eigenvalue weighted by Crippen LogP contribution is -2.53. The van der Waals surface area contributed by atoms with Gasteiger partial charge in [0.1, 0.15) is 42.5 Å². The summed E-state index contributed by atoms with van der Waals surface area (Å²) in [5, 5.41) is 6.80. The van der Waals surface area contributed by atoms with E-state index in [-0.39, 0.29) is 0 Å². The average Bonchev–Trinajstić information content (AvgIpc) is 3.06. The van der Waals surface area contributed by atoms with Crippen molar-refractivity contribution in [3.05, 3.63) is 11.5 Å². The second-order valence-electron chi connectivity index (χ2n) is 10.1. The Morgan fingerprint density at radius 1 is 0.800 bits per heavy atom. The molecule has 0 aromatic carbocycles. The van der Waals surface area contributed by atoms with Gasteiger partial charge in [0.25, 0.3) is 0 Å². The van der Waals surface area contributed by atoms with Crippen molar-refractivity contribution >= 4 is 23.1 Å². The van der Waals surface area contributed by atoms with Crippen LogP contribution in [0.5, 0.6) is 0 Å². The molecule has 10 nitrogen and oxygen atoms in total. The molecule has 40 heavy (non-hydrogen) atoms. The number of rotatable bonds is 21. The number of ether oxygens (including phenoxy) is 6. The van der Waals surface area contributed by atoms with Gasteiger partial charge < -0.3 is 39.1 Å². The molecule has 0 saturated carbocycles. The molecule has 0 spiro atoms. The normalized spacial score (nSPS) is 25.1. The van der Waals surface area contributed by atoms with Crippen LogP contribution in [-0.4, -0.2) is 93.9 Å². The van der Waals surface area contributed by atoms with Crippen LogP contribution < -0.4 is 10.6 Å². The van der Waals surface area contributed by atoms with Crippen molar-refractivity contribution in [2.75, 3.05) is 57.8 Å². The lowest BCUT2D eigenvalue weighted by atomic mass is 9.99. The molecule has 0 amide bonds. The van der Waals surface area contributed by atoms with Gasteiger partial charge in [-0.05, 0) is 25.7 Å². The van der Waals surface area contributed by atoms with Gasteiger partial charge in [0, 0.05) is 40.6 Å². The smallest absolute Gasteiger partial charge is 0.158 e. The molecule has 6 atom stereocenters. The van der Waals surface area contributed by atoms with Gasteiger partial charge in [-0.2, -0.15) is 0 Å². The Morgan fingerprint density at radius 2 is 1.35 bits per heavy atom. The van der Waals surface area contributed by atoms with Crippen LogP contribution in [0.15, 0.2) is 6.33 Å². The molecule has 1 aliphatic heterocycles. The predicted molar refractivity (Wildman–Crippen MR) is 159 cm³/mol.